The highest BCUT2D eigenvalue weighted by Crippen LogP contribution is 2.26. The molecule has 0 aromatic heterocycles. The normalized spacial score (nSPS) is 18.2. The number of anilines is 1. The van der Waals surface area contributed by atoms with Gasteiger partial charge in [0.1, 0.15) is 11.4 Å². The lowest BCUT2D eigenvalue weighted by atomic mass is 9.94. The van der Waals surface area contributed by atoms with E-state index >= 15 is 0 Å². The summed E-state index contributed by atoms with van der Waals surface area (Å²) in [7, 11) is 3.60. The van der Waals surface area contributed by atoms with Crippen LogP contribution in [0.15, 0.2) is 24.3 Å². The fourth-order valence-corrected chi connectivity index (χ4v) is 4.70. The average Bonchev–Trinajstić information content (AvgIpc) is 2.82. The molecule has 0 spiro atoms. The number of amides is 1. The van der Waals surface area contributed by atoms with E-state index in [1.165, 1.54) is 12.8 Å². The lowest BCUT2D eigenvalue weighted by Crippen LogP contribution is -2.47. The number of methoxy groups -OCH3 is 1. The van der Waals surface area contributed by atoms with E-state index in [9.17, 15) is 9.59 Å². The molecule has 1 aromatic carbocycles. The lowest BCUT2D eigenvalue weighted by molar-refractivity contribution is -0.142. The number of piperidine rings is 2. The van der Waals surface area contributed by atoms with Gasteiger partial charge in [-0.2, -0.15) is 0 Å². The highest BCUT2D eigenvalue weighted by Gasteiger charge is 2.29. The van der Waals surface area contributed by atoms with E-state index in [1.807, 2.05) is 37.8 Å². The van der Waals surface area contributed by atoms with Crippen LogP contribution in [0.2, 0.25) is 0 Å². The number of benzene rings is 1. The second-order valence-electron chi connectivity index (χ2n) is 10.4. The van der Waals surface area contributed by atoms with Crippen LogP contribution in [0.3, 0.4) is 0 Å². The van der Waals surface area contributed by atoms with Crippen LogP contribution >= 0.6 is 0 Å². The van der Waals surface area contributed by atoms with Crippen molar-refractivity contribution in [2.45, 2.75) is 58.1 Å². The number of carbonyl (C=O) groups is 2. The molecule has 0 radical (unpaired) electrons. The number of carbonyl (C=O) groups excluding carboxylic acids is 2. The zero-order chi connectivity index (χ0) is 24.7. The molecule has 0 bridgehead atoms. The minimum atomic E-state index is -0.441. The Morgan fingerprint density at radius 3 is 2.18 bits per heavy atom. The van der Waals surface area contributed by atoms with Gasteiger partial charge in [0, 0.05) is 44.5 Å². The van der Waals surface area contributed by atoms with Crippen molar-refractivity contribution in [3.8, 4) is 5.75 Å². The summed E-state index contributed by atoms with van der Waals surface area (Å²) in [6.45, 7) is 10.4. The monoisotopic (exact) mass is 475 g/mol. The molecule has 3 rings (SSSR count). The van der Waals surface area contributed by atoms with E-state index in [0.717, 1.165) is 58.4 Å². The molecule has 2 fully saturated rings. The van der Waals surface area contributed by atoms with Crippen molar-refractivity contribution < 1.29 is 23.8 Å². The van der Waals surface area contributed by atoms with Gasteiger partial charge in [0.05, 0.1) is 7.11 Å². The van der Waals surface area contributed by atoms with Crippen LogP contribution in [0, 0.1) is 5.92 Å². The number of esters is 1. The maximum absolute atomic E-state index is 12.3. The molecule has 8 heteroatoms. The van der Waals surface area contributed by atoms with Gasteiger partial charge in [0.25, 0.3) is 0 Å². The number of nitrogens with zero attached hydrogens (tertiary/aromatic N) is 3. The molecule has 34 heavy (non-hydrogen) atoms. The lowest BCUT2D eigenvalue weighted by Gasteiger charge is -2.40. The molecular formula is C26H41N3O5. The molecule has 2 saturated heterocycles. The third kappa shape index (κ3) is 7.79. The van der Waals surface area contributed by atoms with Crippen molar-refractivity contribution in [3.05, 3.63) is 24.3 Å². The highest BCUT2D eigenvalue weighted by atomic mass is 16.6. The number of rotatable bonds is 7. The van der Waals surface area contributed by atoms with E-state index in [0.29, 0.717) is 17.7 Å². The molecule has 1 amide bonds. The number of ether oxygens (including phenoxy) is 3. The van der Waals surface area contributed by atoms with Crippen LogP contribution in [-0.2, 0) is 14.3 Å². The standard InChI is InChI=1S/C26H41N3O5/c1-26(2,3)34-25(31)29-14-10-20(11-15-29)18-27(4)21-12-16-28(17-13-21)22-6-8-23(9-7-22)33-19-24(30)32-5/h6-9,20-21H,10-19H2,1-5H3. The first-order valence-corrected chi connectivity index (χ1v) is 12.4. The summed E-state index contributed by atoms with van der Waals surface area (Å²) in [4.78, 5) is 30.3. The Kier molecular flexibility index (Phi) is 9.05. The summed E-state index contributed by atoms with van der Waals surface area (Å²) in [5.74, 6) is 0.907. The summed E-state index contributed by atoms with van der Waals surface area (Å²) in [6.07, 6.45) is 4.15. The molecule has 0 N–H and O–H groups in total. The summed E-state index contributed by atoms with van der Waals surface area (Å²) in [5, 5.41) is 0. The minimum absolute atomic E-state index is 0.0758. The van der Waals surface area contributed by atoms with E-state index in [1.54, 1.807) is 0 Å². The van der Waals surface area contributed by atoms with Gasteiger partial charge in [0.15, 0.2) is 6.61 Å². The predicted molar refractivity (Wildman–Crippen MR) is 132 cm³/mol. The van der Waals surface area contributed by atoms with Crippen molar-refractivity contribution >= 4 is 17.7 Å². The van der Waals surface area contributed by atoms with Crippen LogP contribution in [0.1, 0.15) is 46.5 Å². The molecule has 0 saturated carbocycles. The molecule has 2 heterocycles. The molecule has 1 aromatic rings. The third-order valence-electron chi connectivity index (χ3n) is 6.69. The van der Waals surface area contributed by atoms with Crippen molar-refractivity contribution in [1.29, 1.82) is 0 Å². The first kappa shape index (κ1) is 26.1. The Morgan fingerprint density at radius 2 is 1.62 bits per heavy atom. The summed E-state index contributed by atoms with van der Waals surface area (Å²) in [6, 6.07) is 8.49. The second-order valence-corrected chi connectivity index (χ2v) is 10.4. The third-order valence-corrected chi connectivity index (χ3v) is 6.69. The first-order chi connectivity index (χ1) is 16.1. The smallest absolute Gasteiger partial charge is 0.410 e. The maximum atomic E-state index is 12.3. The van der Waals surface area contributed by atoms with Crippen molar-refractivity contribution in [2.24, 2.45) is 5.92 Å². The van der Waals surface area contributed by atoms with Gasteiger partial charge in [-0.3, -0.25) is 0 Å². The first-order valence-electron chi connectivity index (χ1n) is 12.4. The summed E-state index contributed by atoms with van der Waals surface area (Å²) < 4.78 is 15.5. The predicted octanol–water partition coefficient (Wildman–Crippen LogP) is 3.79. The molecule has 2 aliphatic heterocycles. The average molecular weight is 476 g/mol. The Labute approximate surface area is 204 Å². The Balaban J connectivity index is 1.38. The molecule has 0 unspecified atom stereocenters. The van der Waals surface area contributed by atoms with Crippen LogP contribution in [0.4, 0.5) is 10.5 Å². The molecular weight excluding hydrogens is 434 g/mol. The Bertz CT molecular complexity index is 792. The molecule has 190 valence electrons. The summed E-state index contributed by atoms with van der Waals surface area (Å²) >= 11 is 0. The molecule has 0 aliphatic carbocycles. The van der Waals surface area contributed by atoms with Gasteiger partial charge < -0.3 is 28.9 Å². The Morgan fingerprint density at radius 1 is 1.00 bits per heavy atom. The van der Waals surface area contributed by atoms with Gasteiger partial charge in [-0.25, -0.2) is 9.59 Å². The quantitative estimate of drug-likeness (QED) is 0.556. The number of hydrogen-bond donors (Lipinski definition) is 0. The second kappa shape index (κ2) is 11.8. The summed E-state index contributed by atoms with van der Waals surface area (Å²) in [5.41, 5.74) is 0.740. The van der Waals surface area contributed by atoms with Gasteiger partial charge in [-0.15, -0.1) is 0 Å². The zero-order valence-electron chi connectivity index (χ0n) is 21.4. The van der Waals surface area contributed by atoms with Crippen LogP contribution < -0.4 is 9.64 Å². The van der Waals surface area contributed by atoms with E-state index in [4.69, 9.17) is 9.47 Å². The van der Waals surface area contributed by atoms with Gasteiger partial charge >= 0.3 is 12.1 Å². The molecule has 2 aliphatic rings. The van der Waals surface area contributed by atoms with Crippen molar-refractivity contribution in [1.82, 2.24) is 9.80 Å². The van der Waals surface area contributed by atoms with E-state index in [2.05, 4.69) is 33.7 Å². The maximum Gasteiger partial charge on any atom is 0.410 e. The fourth-order valence-electron chi connectivity index (χ4n) is 4.70. The van der Waals surface area contributed by atoms with Gasteiger partial charge in [0.2, 0.25) is 0 Å². The largest absolute Gasteiger partial charge is 0.482 e. The van der Waals surface area contributed by atoms with Crippen molar-refractivity contribution in [3.63, 3.8) is 0 Å². The molecule has 0 atom stereocenters. The van der Waals surface area contributed by atoms with E-state index in [-0.39, 0.29) is 18.7 Å². The topological polar surface area (TPSA) is 71.6 Å². The minimum Gasteiger partial charge on any atom is -0.482 e. The number of hydrogen-bond acceptors (Lipinski definition) is 7. The van der Waals surface area contributed by atoms with Gasteiger partial charge in [-0.05, 0) is 83.7 Å². The van der Waals surface area contributed by atoms with Crippen LogP contribution in [0.25, 0.3) is 0 Å². The van der Waals surface area contributed by atoms with Crippen LogP contribution in [-0.4, -0.2) is 87.0 Å². The van der Waals surface area contributed by atoms with Crippen LogP contribution in [0.5, 0.6) is 5.75 Å². The molecule has 8 nitrogen and oxygen atoms in total. The SMILES string of the molecule is COC(=O)COc1ccc(N2CCC(N(C)CC3CCN(C(=O)OC(C)(C)C)CC3)CC2)cc1. The zero-order valence-corrected chi connectivity index (χ0v) is 21.4. The van der Waals surface area contributed by atoms with Crippen molar-refractivity contribution in [2.75, 3.05) is 58.4 Å². The Hall–Kier alpha value is -2.48. The number of likely N-dealkylation sites (tertiary alicyclic amines) is 1. The fraction of sp³-hybridized carbons (Fsp3) is 0.692. The highest BCUT2D eigenvalue weighted by molar-refractivity contribution is 5.71. The van der Waals surface area contributed by atoms with E-state index < -0.39 is 5.60 Å². The van der Waals surface area contributed by atoms with Gasteiger partial charge in [-0.1, -0.05) is 0 Å².